The molecular weight excluding hydrogens is 408 g/mol. The van der Waals surface area contributed by atoms with Crippen LogP contribution in [0.3, 0.4) is 0 Å². The highest BCUT2D eigenvalue weighted by Gasteiger charge is 2.29. The lowest BCUT2D eigenvalue weighted by Crippen LogP contribution is -2.24. The molecule has 0 radical (unpaired) electrons. The number of fused-ring (bicyclic) bond motifs is 2. The SMILES string of the molecule is CC(C)COC(=O)n1c(C2CCc3cc(Br)ccc3O2)nc2ccccc21. The number of carbonyl (C=O) groups excluding carboxylic acids is 1. The first kappa shape index (κ1) is 18.0. The van der Waals surface area contributed by atoms with E-state index in [1.54, 1.807) is 4.57 Å². The van der Waals surface area contributed by atoms with Gasteiger partial charge in [-0.25, -0.2) is 14.3 Å². The summed E-state index contributed by atoms with van der Waals surface area (Å²) in [5, 5.41) is 0. The Kier molecular flexibility index (Phi) is 4.91. The Morgan fingerprint density at radius 2 is 2.15 bits per heavy atom. The molecule has 3 aromatic rings. The first-order valence-electron chi connectivity index (χ1n) is 9.12. The molecule has 4 rings (SSSR count). The molecule has 0 N–H and O–H groups in total. The molecule has 6 heteroatoms. The van der Waals surface area contributed by atoms with Crippen molar-refractivity contribution in [3.63, 3.8) is 0 Å². The summed E-state index contributed by atoms with van der Waals surface area (Å²) >= 11 is 3.50. The van der Waals surface area contributed by atoms with Gasteiger partial charge in [0.1, 0.15) is 5.75 Å². The zero-order valence-corrected chi connectivity index (χ0v) is 16.9. The van der Waals surface area contributed by atoms with Crippen LogP contribution in [-0.2, 0) is 11.2 Å². The Bertz CT molecular complexity index is 996. The maximum absolute atomic E-state index is 12.8. The fourth-order valence-corrected chi connectivity index (χ4v) is 3.70. The molecular formula is C21H21BrN2O3. The van der Waals surface area contributed by atoms with Crippen molar-refractivity contribution in [3.05, 3.63) is 58.3 Å². The van der Waals surface area contributed by atoms with Gasteiger partial charge in [0, 0.05) is 4.47 Å². The van der Waals surface area contributed by atoms with Gasteiger partial charge in [-0.15, -0.1) is 0 Å². The summed E-state index contributed by atoms with van der Waals surface area (Å²) in [5.74, 6) is 1.70. The summed E-state index contributed by atoms with van der Waals surface area (Å²) < 4.78 is 14.3. The monoisotopic (exact) mass is 428 g/mol. The number of hydrogen-bond acceptors (Lipinski definition) is 4. The number of halogens is 1. The minimum atomic E-state index is -0.405. The third-order valence-electron chi connectivity index (χ3n) is 4.57. The Morgan fingerprint density at radius 1 is 1.33 bits per heavy atom. The number of nitrogens with zero attached hydrogens (tertiary/aromatic N) is 2. The average Bonchev–Trinajstić information content (AvgIpc) is 3.05. The maximum Gasteiger partial charge on any atom is 0.420 e. The van der Waals surface area contributed by atoms with E-state index >= 15 is 0 Å². The Morgan fingerprint density at radius 3 is 2.96 bits per heavy atom. The quantitative estimate of drug-likeness (QED) is 0.551. The standard InChI is InChI=1S/C21H21BrN2O3/c1-13(2)12-26-21(25)24-17-6-4-3-5-16(17)23-20(24)19-9-7-14-11-15(22)8-10-18(14)27-19/h3-6,8,10-11,13,19H,7,9,12H2,1-2H3. The zero-order valence-electron chi connectivity index (χ0n) is 15.3. The molecule has 2 heterocycles. The highest BCUT2D eigenvalue weighted by Crippen LogP contribution is 2.37. The van der Waals surface area contributed by atoms with Crippen molar-refractivity contribution in [1.29, 1.82) is 0 Å². The van der Waals surface area contributed by atoms with Crippen molar-refractivity contribution >= 4 is 33.1 Å². The average molecular weight is 429 g/mol. The Hall–Kier alpha value is -2.34. The van der Waals surface area contributed by atoms with Crippen LogP contribution in [0, 0.1) is 5.92 Å². The number of carbonyl (C=O) groups is 1. The van der Waals surface area contributed by atoms with Crippen molar-refractivity contribution in [2.75, 3.05) is 6.61 Å². The molecule has 0 fully saturated rings. The highest BCUT2D eigenvalue weighted by molar-refractivity contribution is 9.10. The molecule has 0 amide bonds. The fraction of sp³-hybridized carbons (Fsp3) is 0.333. The Balaban J connectivity index is 1.72. The van der Waals surface area contributed by atoms with Gasteiger partial charge in [-0.1, -0.05) is 41.9 Å². The van der Waals surface area contributed by atoms with E-state index < -0.39 is 6.09 Å². The van der Waals surface area contributed by atoms with Crippen molar-refractivity contribution in [2.45, 2.75) is 32.8 Å². The number of benzene rings is 2. The van der Waals surface area contributed by atoms with Gasteiger partial charge in [0.2, 0.25) is 0 Å². The van der Waals surface area contributed by atoms with E-state index in [4.69, 9.17) is 14.5 Å². The number of imidazole rings is 1. The minimum absolute atomic E-state index is 0.267. The fourth-order valence-electron chi connectivity index (χ4n) is 3.29. The maximum atomic E-state index is 12.8. The van der Waals surface area contributed by atoms with E-state index in [0.717, 1.165) is 39.7 Å². The van der Waals surface area contributed by atoms with Crippen LogP contribution in [-0.4, -0.2) is 22.3 Å². The van der Waals surface area contributed by atoms with Crippen molar-refractivity contribution in [1.82, 2.24) is 9.55 Å². The second kappa shape index (κ2) is 7.35. The highest BCUT2D eigenvalue weighted by atomic mass is 79.9. The lowest BCUT2D eigenvalue weighted by atomic mass is 10.0. The van der Waals surface area contributed by atoms with Gasteiger partial charge in [-0.2, -0.15) is 0 Å². The lowest BCUT2D eigenvalue weighted by molar-refractivity contribution is 0.126. The second-order valence-corrected chi connectivity index (χ2v) is 8.08. The topological polar surface area (TPSA) is 53.4 Å². The smallest absolute Gasteiger partial charge is 0.420 e. The van der Waals surface area contributed by atoms with E-state index in [1.807, 2.05) is 50.2 Å². The summed E-state index contributed by atoms with van der Waals surface area (Å²) in [7, 11) is 0. The van der Waals surface area contributed by atoms with Crippen LogP contribution >= 0.6 is 15.9 Å². The third kappa shape index (κ3) is 3.58. The molecule has 2 aromatic carbocycles. The molecule has 1 aromatic heterocycles. The largest absolute Gasteiger partial charge is 0.482 e. The van der Waals surface area contributed by atoms with Crippen LogP contribution in [0.5, 0.6) is 5.75 Å². The van der Waals surface area contributed by atoms with Crippen LogP contribution in [0.1, 0.15) is 37.8 Å². The summed E-state index contributed by atoms with van der Waals surface area (Å²) in [6.07, 6.45) is 0.920. The summed E-state index contributed by atoms with van der Waals surface area (Å²) in [5.41, 5.74) is 2.66. The predicted molar refractivity (Wildman–Crippen MR) is 107 cm³/mol. The van der Waals surface area contributed by atoms with Gasteiger partial charge in [-0.3, -0.25) is 0 Å². The molecule has 0 saturated carbocycles. The molecule has 140 valence electrons. The van der Waals surface area contributed by atoms with E-state index in [-0.39, 0.29) is 12.0 Å². The van der Waals surface area contributed by atoms with Gasteiger partial charge >= 0.3 is 6.09 Å². The molecule has 1 aliphatic heterocycles. The van der Waals surface area contributed by atoms with Crippen molar-refractivity contribution in [3.8, 4) is 5.75 Å². The molecule has 5 nitrogen and oxygen atoms in total. The third-order valence-corrected chi connectivity index (χ3v) is 5.06. The van der Waals surface area contributed by atoms with E-state index in [9.17, 15) is 4.79 Å². The normalized spacial score (nSPS) is 16.2. The van der Waals surface area contributed by atoms with Crippen molar-refractivity contribution < 1.29 is 14.3 Å². The molecule has 0 aliphatic carbocycles. The van der Waals surface area contributed by atoms with Gasteiger partial charge in [0.15, 0.2) is 11.9 Å². The van der Waals surface area contributed by atoms with Gasteiger partial charge in [0.25, 0.3) is 0 Å². The summed E-state index contributed by atoms with van der Waals surface area (Å²) in [6.45, 7) is 4.40. The Labute approximate surface area is 166 Å². The number of hydrogen-bond donors (Lipinski definition) is 0. The van der Waals surface area contributed by atoms with E-state index in [2.05, 4.69) is 22.0 Å². The molecule has 1 atom stereocenters. The summed E-state index contributed by atoms with van der Waals surface area (Å²) in [6, 6.07) is 13.6. The van der Waals surface area contributed by atoms with E-state index in [0.29, 0.717) is 12.4 Å². The van der Waals surface area contributed by atoms with Gasteiger partial charge in [0.05, 0.1) is 17.6 Å². The zero-order chi connectivity index (χ0) is 19.0. The van der Waals surface area contributed by atoms with Gasteiger partial charge < -0.3 is 9.47 Å². The molecule has 0 saturated heterocycles. The van der Waals surface area contributed by atoms with Crippen LogP contribution < -0.4 is 4.74 Å². The molecule has 0 spiro atoms. The van der Waals surface area contributed by atoms with Crippen molar-refractivity contribution in [2.24, 2.45) is 5.92 Å². The number of ether oxygens (including phenoxy) is 2. The molecule has 0 bridgehead atoms. The summed E-state index contributed by atoms with van der Waals surface area (Å²) in [4.78, 5) is 17.5. The van der Waals surface area contributed by atoms with Crippen LogP contribution in [0.25, 0.3) is 11.0 Å². The number of aryl methyl sites for hydroxylation is 1. The van der Waals surface area contributed by atoms with E-state index in [1.165, 1.54) is 0 Å². The molecule has 27 heavy (non-hydrogen) atoms. The van der Waals surface area contributed by atoms with Crippen LogP contribution in [0.15, 0.2) is 46.9 Å². The number of rotatable bonds is 3. The molecule has 1 aliphatic rings. The number of para-hydroxylation sites is 2. The minimum Gasteiger partial charge on any atom is -0.482 e. The first-order chi connectivity index (χ1) is 13.0. The lowest BCUT2D eigenvalue weighted by Gasteiger charge is -2.26. The van der Waals surface area contributed by atoms with Gasteiger partial charge in [-0.05, 0) is 54.7 Å². The second-order valence-electron chi connectivity index (χ2n) is 7.16. The van der Waals surface area contributed by atoms with Crippen LogP contribution in [0.2, 0.25) is 0 Å². The first-order valence-corrected chi connectivity index (χ1v) is 9.92. The number of aromatic nitrogens is 2. The molecule has 1 unspecified atom stereocenters. The van der Waals surface area contributed by atoms with Crippen LogP contribution in [0.4, 0.5) is 4.79 Å². The predicted octanol–water partition coefficient (Wildman–Crippen LogP) is 5.51.